The van der Waals surface area contributed by atoms with E-state index in [1.807, 2.05) is 4.90 Å². The molecule has 0 radical (unpaired) electrons. The van der Waals surface area contributed by atoms with E-state index < -0.39 is 5.56 Å². The van der Waals surface area contributed by atoms with Gasteiger partial charge in [0.05, 0.1) is 11.1 Å². The summed E-state index contributed by atoms with van der Waals surface area (Å²) in [5.74, 6) is -0.418. The van der Waals surface area contributed by atoms with Crippen LogP contribution in [0.3, 0.4) is 0 Å². The van der Waals surface area contributed by atoms with Gasteiger partial charge in [-0.3, -0.25) is 14.6 Å². The van der Waals surface area contributed by atoms with Crippen LogP contribution in [0, 0.1) is 0 Å². The van der Waals surface area contributed by atoms with Gasteiger partial charge < -0.3 is 15.3 Å². The highest BCUT2D eigenvalue weighted by Crippen LogP contribution is 2.35. The summed E-state index contributed by atoms with van der Waals surface area (Å²) in [6.45, 7) is 2.23. The second-order valence-corrected chi connectivity index (χ2v) is 6.04. The van der Waals surface area contributed by atoms with Crippen molar-refractivity contribution >= 4 is 5.91 Å². The normalized spacial score (nSPS) is 21.4. The van der Waals surface area contributed by atoms with E-state index in [0.29, 0.717) is 6.54 Å². The van der Waals surface area contributed by atoms with Crippen LogP contribution in [0.15, 0.2) is 16.9 Å². The molecule has 6 heteroatoms. The number of nitrogens with zero attached hydrogens (tertiary/aromatic N) is 1. The minimum absolute atomic E-state index is 0.133. The third kappa shape index (κ3) is 2.68. The molecule has 1 spiro atoms. The molecule has 6 nitrogen and oxygen atoms in total. The molecule has 1 saturated heterocycles. The van der Waals surface area contributed by atoms with E-state index in [4.69, 9.17) is 0 Å². The number of amides is 1. The van der Waals surface area contributed by atoms with Crippen LogP contribution in [0.1, 0.15) is 42.5 Å². The number of piperazine rings is 1. The van der Waals surface area contributed by atoms with Gasteiger partial charge in [0, 0.05) is 31.8 Å². The average molecular weight is 291 g/mol. The number of aromatic nitrogens is 1. The molecule has 1 saturated carbocycles. The summed E-state index contributed by atoms with van der Waals surface area (Å²) in [6, 6.07) is 2.60. The Hall–Kier alpha value is -1.82. The van der Waals surface area contributed by atoms with Crippen molar-refractivity contribution in [1.82, 2.24) is 15.2 Å². The van der Waals surface area contributed by atoms with Crippen molar-refractivity contribution in [2.45, 2.75) is 37.6 Å². The second-order valence-electron chi connectivity index (χ2n) is 6.04. The zero-order chi connectivity index (χ0) is 14.9. The predicted octanol–water partition coefficient (Wildman–Crippen LogP) is 0.829. The molecule has 2 heterocycles. The number of hydrogen-bond acceptors (Lipinski definition) is 4. The lowest BCUT2D eigenvalue weighted by Crippen LogP contribution is -2.63. The number of pyridine rings is 1. The van der Waals surface area contributed by atoms with Gasteiger partial charge in [0.15, 0.2) is 5.88 Å². The van der Waals surface area contributed by atoms with Gasteiger partial charge in [0.1, 0.15) is 0 Å². The van der Waals surface area contributed by atoms with Crippen LogP contribution in [0.25, 0.3) is 0 Å². The minimum atomic E-state index is -0.453. The Morgan fingerprint density at radius 1 is 1.24 bits per heavy atom. The number of hydrogen-bond donors (Lipinski definition) is 3. The van der Waals surface area contributed by atoms with Crippen molar-refractivity contribution < 1.29 is 9.90 Å². The zero-order valence-corrected chi connectivity index (χ0v) is 12.0. The standard InChI is InChI=1S/C15H21N3O3/c19-12-8-11(9-13(20)17-12)14(21)18-7-6-16-10-15(18)4-2-1-3-5-15/h8-9,16H,1-7,10H2,(H2,17,19,20). The lowest BCUT2D eigenvalue weighted by atomic mass is 9.78. The Bertz CT molecular complexity index is 582. The Morgan fingerprint density at radius 2 is 2.00 bits per heavy atom. The Kier molecular flexibility index (Phi) is 3.71. The van der Waals surface area contributed by atoms with Crippen LogP contribution in [0.5, 0.6) is 5.88 Å². The first-order chi connectivity index (χ1) is 10.1. The van der Waals surface area contributed by atoms with Crippen LogP contribution in [0.4, 0.5) is 0 Å². The van der Waals surface area contributed by atoms with Gasteiger partial charge in [-0.25, -0.2) is 0 Å². The van der Waals surface area contributed by atoms with Crippen LogP contribution >= 0.6 is 0 Å². The average Bonchev–Trinajstić information content (AvgIpc) is 2.47. The molecule has 0 aromatic carbocycles. The van der Waals surface area contributed by atoms with Crippen molar-refractivity contribution in [3.05, 3.63) is 28.0 Å². The molecule has 3 N–H and O–H groups in total. The van der Waals surface area contributed by atoms with Gasteiger partial charge in [-0.05, 0) is 12.8 Å². The number of aromatic hydroxyl groups is 1. The van der Waals surface area contributed by atoms with Gasteiger partial charge >= 0.3 is 0 Å². The van der Waals surface area contributed by atoms with Crippen LogP contribution in [0.2, 0.25) is 0 Å². The Morgan fingerprint density at radius 3 is 2.71 bits per heavy atom. The number of rotatable bonds is 1. The van der Waals surface area contributed by atoms with E-state index in [-0.39, 0.29) is 22.9 Å². The van der Waals surface area contributed by atoms with Gasteiger partial charge in [-0.15, -0.1) is 0 Å². The Balaban J connectivity index is 1.92. The molecule has 0 unspecified atom stereocenters. The zero-order valence-electron chi connectivity index (χ0n) is 12.0. The smallest absolute Gasteiger partial charge is 0.254 e. The largest absolute Gasteiger partial charge is 0.494 e. The highest BCUT2D eigenvalue weighted by Gasteiger charge is 2.42. The van der Waals surface area contributed by atoms with E-state index in [1.165, 1.54) is 18.6 Å². The van der Waals surface area contributed by atoms with Gasteiger partial charge in [-0.2, -0.15) is 0 Å². The SMILES string of the molecule is O=C(c1cc(O)[nH]c(=O)c1)N1CCNCC12CCCCC2. The van der Waals surface area contributed by atoms with Crippen molar-refractivity contribution in [2.24, 2.45) is 0 Å². The van der Waals surface area contributed by atoms with Crippen molar-refractivity contribution in [3.63, 3.8) is 0 Å². The molecular formula is C15H21N3O3. The van der Waals surface area contributed by atoms with Gasteiger partial charge in [-0.1, -0.05) is 19.3 Å². The Labute approximate surface area is 123 Å². The van der Waals surface area contributed by atoms with Crippen LogP contribution in [-0.4, -0.2) is 46.1 Å². The maximum atomic E-state index is 12.8. The summed E-state index contributed by atoms with van der Waals surface area (Å²) in [7, 11) is 0. The lowest BCUT2D eigenvalue weighted by Gasteiger charge is -2.49. The van der Waals surface area contributed by atoms with E-state index in [1.54, 1.807) is 0 Å². The molecule has 1 aromatic heterocycles. The van der Waals surface area contributed by atoms with Gasteiger partial charge in [0.25, 0.3) is 11.5 Å². The predicted molar refractivity (Wildman–Crippen MR) is 78.4 cm³/mol. The first kappa shape index (κ1) is 14.1. The number of nitrogens with one attached hydrogen (secondary N) is 2. The molecule has 0 atom stereocenters. The van der Waals surface area contributed by atoms with Gasteiger partial charge in [0.2, 0.25) is 0 Å². The van der Waals surface area contributed by atoms with Crippen molar-refractivity contribution in [3.8, 4) is 5.88 Å². The topological polar surface area (TPSA) is 85.4 Å². The first-order valence-electron chi connectivity index (χ1n) is 7.57. The molecule has 2 fully saturated rings. The molecule has 3 rings (SSSR count). The molecule has 1 aromatic rings. The molecule has 1 aliphatic heterocycles. The van der Waals surface area contributed by atoms with Crippen LogP contribution in [-0.2, 0) is 0 Å². The fourth-order valence-electron chi connectivity index (χ4n) is 3.63. The first-order valence-corrected chi connectivity index (χ1v) is 7.57. The fourth-order valence-corrected chi connectivity index (χ4v) is 3.63. The number of carbonyl (C=O) groups is 1. The second kappa shape index (κ2) is 5.52. The lowest BCUT2D eigenvalue weighted by molar-refractivity contribution is 0.0222. The number of H-pyrrole nitrogens is 1. The summed E-state index contributed by atoms with van der Waals surface area (Å²) in [5.41, 5.74) is -0.319. The molecule has 0 bridgehead atoms. The molecule has 1 amide bonds. The quantitative estimate of drug-likeness (QED) is 0.715. The summed E-state index contributed by atoms with van der Waals surface area (Å²) >= 11 is 0. The third-order valence-corrected chi connectivity index (χ3v) is 4.65. The summed E-state index contributed by atoms with van der Waals surface area (Å²) in [4.78, 5) is 28.4. The maximum Gasteiger partial charge on any atom is 0.254 e. The molecular weight excluding hydrogens is 270 g/mol. The van der Waals surface area contributed by atoms with Crippen molar-refractivity contribution in [1.29, 1.82) is 0 Å². The highest BCUT2D eigenvalue weighted by molar-refractivity contribution is 5.95. The van der Waals surface area contributed by atoms with Crippen molar-refractivity contribution in [2.75, 3.05) is 19.6 Å². The van der Waals surface area contributed by atoms with E-state index in [2.05, 4.69) is 10.3 Å². The molecule has 114 valence electrons. The summed E-state index contributed by atoms with van der Waals surface area (Å²) in [5, 5.41) is 12.9. The molecule has 1 aliphatic carbocycles. The molecule has 21 heavy (non-hydrogen) atoms. The van der Waals surface area contributed by atoms with E-state index >= 15 is 0 Å². The summed E-state index contributed by atoms with van der Waals surface area (Å²) in [6.07, 6.45) is 5.48. The number of carbonyl (C=O) groups excluding carboxylic acids is 1. The maximum absolute atomic E-state index is 12.8. The highest BCUT2D eigenvalue weighted by atomic mass is 16.3. The molecule has 2 aliphatic rings. The van der Waals surface area contributed by atoms with E-state index in [9.17, 15) is 14.7 Å². The minimum Gasteiger partial charge on any atom is -0.494 e. The third-order valence-electron chi connectivity index (χ3n) is 4.65. The van der Waals surface area contributed by atoms with E-state index in [0.717, 1.165) is 38.8 Å². The summed E-state index contributed by atoms with van der Waals surface area (Å²) < 4.78 is 0. The monoisotopic (exact) mass is 291 g/mol. The number of aromatic amines is 1. The van der Waals surface area contributed by atoms with Crippen LogP contribution < -0.4 is 10.9 Å². The fraction of sp³-hybridized carbons (Fsp3) is 0.600.